The van der Waals surface area contributed by atoms with Crippen molar-refractivity contribution in [1.82, 2.24) is 15.2 Å². The Morgan fingerprint density at radius 1 is 1.23 bits per heavy atom. The average Bonchev–Trinajstić information content (AvgIpc) is 3.31. The SMILES string of the molecule is COCc1ccc(C(=O)NCc2c(C)ncc3c2CCN(C(=O)c2cccc(C(F)(F)F)c2)C3)o1. The molecular weight excluding hydrogens is 463 g/mol. The molecule has 0 bridgehead atoms. The number of aromatic nitrogens is 1. The first kappa shape index (κ1) is 24.5. The standard InChI is InChI=1S/C25H24F3N3O4/c1-15-21(12-30-23(32)22-7-6-19(35-22)14-34-2)20-8-9-31(13-17(20)11-29-15)24(33)16-4-3-5-18(10-16)25(26,27)28/h3-7,10-11H,8-9,12-14H2,1-2H3,(H,30,32). The van der Waals surface area contributed by atoms with Crippen LogP contribution in [-0.4, -0.2) is 35.4 Å². The fraction of sp³-hybridized carbons (Fsp3) is 0.320. The van der Waals surface area contributed by atoms with Gasteiger partial charge in [-0.25, -0.2) is 0 Å². The van der Waals surface area contributed by atoms with Crippen molar-refractivity contribution in [3.05, 3.63) is 87.6 Å². The molecule has 3 heterocycles. The van der Waals surface area contributed by atoms with Crippen LogP contribution < -0.4 is 5.32 Å². The molecule has 0 saturated carbocycles. The predicted octanol–water partition coefficient (Wildman–Crippen LogP) is 4.28. The summed E-state index contributed by atoms with van der Waals surface area (Å²) in [5, 5.41) is 2.84. The van der Waals surface area contributed by atoms with Gasteiger partial charge in [0.05, 0.1) is 5.56 Å². The Bertz CT molecular complexity index is 1250. The number of hydrogen-bond acceptors (Lipinski definition) is 5. The van der Waals surface area contributed by atoms with Crippen LogP contribution in [0.1, 0.15) is 54.6 Å². The lowest BCUT2D eigenvalue weighted by Crippen LogP contribution is -2.37. The molecule has 1 aliphatic heterocycles. The van der Waals surface area contributed by atoms with E-state index in [-0.39, 0.29) is 36.9 Å². The quantitative estimate of drug-likeness (QED) is 0.561. The number of hydrogen-bond donors (Lipinski definition) is 1. The molecule has 4 rings (SSSR count). The van der Waals surface area contributed by atoms with E-state index < -0.39 is 17.6 Å². The number of methoxy groups -OCH3 is 1. The highest BCUT2D eigenvalue weighted by Gasteiger charge is 2.32. The van der Waals surface area contributed by atoms with Crippen molar-refractivity contribution in [3.63, 3.8) is 0 Å². The molecule has 7 nitrogen and oxygen atoms in total. The van der Waals surface area contributed by atoms with Gasteiger partial charge in [-0.15, -0.1) is 0 Å². The highest BCUT2D eigenvalue weighted by Crippen LogP contribution is 2.30. The van der Waals surface area contributed by atoms with E-state index in [9.17, 15) is 22.8 Å². The molecule has 1 aromatic carbocycles. The Labute approximate surface area is 199 Å². The van der Waals surface area contributed by atoms with Gasteiger partial charge < -0.3 is 19.4 Å². The maximum Gasteiger partial charge on any atom is 0.416 e. The Kier molecular flexibility index (Phi) is 6.93. The third kappa shape index (κ3) is 5.37. The van der Waals surface area contributed by atoms with E-state index in [4.69, 9.17) is 9.15 Å². The normalized spacial score (nSPS) is 13.5. The van der Waals surface area contributed by atoms with Gasteiger partial charge in [-0.2, -0.15) is 13.2 Å². The lowest BCUT2D eigenvalue weighted by atomic mass is 9.94. The van der Waals surface area contributed by atoms with E-state index in [2.05, 4.69) is 10.3 Å². The molecule has 0 atom stereocenters. The fourth-order valence-electron chi connectivity index (χ4n) is 4.12. The van der Waals surface area contributed by atoms with Gasteiger partial charge in [0.2, 0.25) is 0 Å². The minimum atomic E-state index is -4.52. The number of furan rings is 1. The second kappa shape index (κ2) is 9.91. The Hall–Kier alpha value is -3.66. The molecule has 2 amide bonds. The van der Waals surface area contributed by atoms with Gasteiger partial charge in [-0.05, 0) is 60.4 Å². The molecule has 0 aliphatic carbocycles. The Balaban J connectivity index is 1.48. The molecule has 0 spiro atoms. The van der Waals surface area contributed by atoms with Crippen molar-refractivity contribution in [2.24, 2.45) is 0 Å². The second-order valence-corrected chi connectivity index (χ2v) is 8.26. The van der Waals surface area contributed by atoms with Crippen LogP contribution in [-0.2, 0) is 37.0 Å². The first-order valence-electron chi connectivity index (χ1n) is 11.0. The second-order valence-electron chi connectivity index (χ2n) is 8.26. The zero-order valence-corrected chi connectivity index (χ0v) is 19.2. The number of fused-ring (bicyclic) bond motifs is 1. The van der Waals surface area contributed by atoms with E-state index in [0.717, 1.165) is 34.5 Å². The summed E-state index contributed by atoms with van der Waals surface area (Å²) in [6.45, 7) is 2.88. The first-order chi connectivity index (χ1) is 16.7. The van der Waals surface area contributed by atoms with Gasteiger partial charge in [0.1, 0.15) is 12.4 Å². The van der Waals surface area contributed by atoms with Crippen molar-refractivity contribution >= 4 is 11.8 Å². The number of amides is 2. The minimum Gasteiger partial charge on any atom is -0.453 e. The molecule has 2 aromatic heterocycles. The number of carbonyl (C=O) groups excluding carboxylic acids is 2. The average molecular weight is 487 g/mol. The number of pyridine rings is 1. The van der Waals surface area contributed by atoms with Crippen LogP contribution in [0.15, 0.2) is 47.0 Å². The van der Waals surface area contributed by atoms with E-state index in [0.29, 0.717) is 18.7 Å². The monoisotopic (exact) mass is 487 g/mol. The number of carbonyl (C=O) groups is 2. The van der Waals surface area contributed by atoms with Crippen LogP contribution in [0.25, 0.3) is 0 Å². The minimum absolute atomic E-state index is 0.0119. The molecule has 35 heavy (non-hydrogen) atoms. The van der Waals surface area contributed by atoms with Crippen LogP contribution in [0.4, 0.5) is 13.2 Å². The van der Waals surface area contributed by atoms with Crippen molar-refractivity contribution in [3.8, 4) is 0 Å². The summed E-state index contributed by atoms with van der Waals surface area (Å²) in [4.78, 5) is 31.4. The Morgan fingerprint density at radius 2 is 2.03 bits per heavy atom. The molecule has 184 valence electrons. The van der Waals surface area contributed by atoms with Gasteiger partial charge in [-0.1, -0.05) is 6.07 Å². The zero-order valence-electron chi connectivity index (χ0n) is 19.2. The van der Waals surface area contributed by atoms with Crippen molar-refractivity contribution in [1.29, 1.82) is 0 Å². The number of halogens is 3. The molecule has 1 aliphatic rings. The van der Waals surface area contributed by atoms with Gasteiger partial charge in [0.25, 0.3) is 11.8 Å². The number of nitrogens with one attached hydrogen (secondary N) is 1. The smallest absolute Gasteiger partial charge is 0.416 e. The number of aryl methyl sites for hydroxylation is 1. The molecule has 0 radical (unpaired) electrons. The lowest BCUT2D eigenvalue weighted by Gasteiger charge is -2.30. The number of benzene rings is 1. The van der Waals surface area contributed by atoms with E-state index in [1.807, 2.05) is 6.92 Å². The molecular formula is C25H24F3N3O4. The van der Waals surface area contributed by atoms with Crippen molar-refractivity contribution in [2.75, 3.05) is 13.7 Å². The molecule has 0 unspecified atom stereocenters. The third-order valence-electron chi connectivity index (χ3n) is 5.92. The van der Waals surface area contributed by atoms with Crippen LogP contribution in [0, 0.1) is 6.92 Å². The van der Waals surface area contributed by atoms with Crippen LogP contribution in [0.2, 0.25) is 0 Å². The van der Waals surface area contributed by atoms with E-state index in [1.54, 1.807) is 18.3 Å². The third-order valence-corrected chi connectivity index (χ3v) is 5.92. The van der Waals surface area contributed by atoms with Gasteiger partial charge >= 0.3 is 6.18 Å². The highest BCUT2D eigenvalue weighted by molar-refractivity contribution is 5.94. The van der Waals surface area contributed by atoms with Crippen LogP contribution in [0.3, 0.4) is 0 Å². The molecule has 0 fully saturated rings. The summed E-state index contributed by atoms with van der Waals surface area (Å²) >= 11 is 0. The number of alkyl halides is 3. The summed E-state index contributed by atoms with van der Waals surface area (Å²) in [5.41, 5.74) is 2.51. The van der Waals surface area contributed by atoms with Crippen molar-refractivity contribution < 1.29 is 31.9 Å². The highest BCUT2D eigenvalue weighted by atomic mass is 19.4. The topological polar surface area (TPSA) is 84.7 Å². The zero-order chi connectivity index (χ0) is 25.2. The summed E-state index contributed by atoms with van der Waals surface area (Å²) in [6, 6.07) is 7.68. The molecule has 10 heteroatoms. The van der Waals surface area contributed by atoms with Gasteiger partial charge in [-0.3, -0.25) is 14.6 Å². The summed E-state index contributed by atoms with van der Waals surface area (Å²) < 4.78 is 49.6. The molecule has 3 aromatic rings. The van der Waals surface area contributed by atoms with Crippen LogP contribution in [0.5, 0.6) is 0 Å². The first-order valence-corrected chi connectivity index (χ1v) is 11.0. The van der Waals surface area contributed by atoms with Gasteiger partial charge in [0, 0.05) is 44.2 Å². The maximum absolute atomic E-state index is 13.1. The fourth-order valence-corrected chi connectivity index (χ4v) is 4.12. The van der Waals surface area contributed by atoms with Gasteiger partial charge in [0.15, 0.2) is 5.76 Å². The lowest BCUT2D eigenvalue weighted by molar-refractivity contribution is -0.137. The van der Waals surface area contributed by atoms with Crippen LogP contribution >= 0.6 is 0 Å². The molecule has 1 N–H and O–H groups in total. The summed E-state index contributed by atoms with van der Waals surface area (Å²) in [6.07, 6.45) is -2.36. The number of rotatable bonds is 6. The predicted molar refractivity (Wildman–Crippen MR) is 119 cm³/mol. The number of nitrogens with zero attached hydrogens (tertiary/aromatic N) is 2. The summed E-state index contributed by atoms with van der Waals surface area (Å²) in [7, 11) is 1.53. The maximum atomic E-state index is 13.1. The summed E-state index contributed by atoms with van der Waals surface area (Å²) in [5.74, 6) is -0.133. The van der Waals surface area contributed by atoms with E-state index >= 15 is 0 Å². The van der Waals surface area contributed by atoms with Crippen molar-refractivity contribution in [2.45, 2.75) is 39.2 Å². The largest absolute Gasteiger partial charge is 0.453 e. The number of ether oxygens (including phenoxy) is 1. The van der Waals surface area contributed by atoms with E-state index in [1.165, 1.54) is 24.1 Å². The Morgan fingerprint density at radius 3 is 2.77 bits per heavy atom. The molecule has 0 saturated heterocycles.